The molecule has 240 valence electrons. The number of nitrogens with one attached hydrogen (secondary N) is 1. The van der Waals surface area contributed by atoms with Crippen molar-refractivity contribution in [3.63, 3.8) is 0 Å². The fourth-order valence-electron chi connectivity index (χ4n) is 6.55. The predicted octanol–water partition coefficient (Wildman–Crippen LogP) is 3.39. The molecule has 3 aliphatic heterocycles. The van der Waals surface area contributed by atoms with Crippen LogP contribution in [0.5, 0.6) is 0 Å². The summed E-state index contributed by atoms with van der Waals surface area (Å²) < 4.78 is 5.35. The van der Waals surface area contributed by atoms with E-state index in [2.05, 4.69) is 16.4 Å². The highest BCUT2D eigenvalue weighted by Crippen LogP contribution is 2.39. The monoisotopic (exact) mass is 624 g/mol. The van der Waals surface area contributed by atoms with Crippen molar-refractivity contribution in [2.24, 2.45) is 0 Å². The number of amides is 3. The van der Waals surface area contributed by atoms with Crippen LogP contribution >= 0.6 is 0 Å². The molecule has 1 aromatic heterocycles. The van der Waals surface area contributed by atoms with Crippen LogP contribution in [-0.4, -0.2) is 97.1 Å². The zero-order valence-corrected chi connectivity index (χ0v) is 26.7. The van der Waals surface area contributed by atoms with Crippen molar-refractivity contribution < 1.29 is 24.2 Å². The van der Waals surface area contributed by atoms with E-state index < -0.39 is 5.54 Å². The summed E-state index contributed by atoms with van der Waals surface area (Å²) in [6.45, 7) is 4.16. The van der Waals surface area contributed by atoms with Crippen LogP contribution in [0.4, 0.5) is 17.2 Å². The minimum absolute atomic E-state index is 0.0994. The highest BCUT2D eigenvalue weighted by molar-refractivity contribution is 6.09. The van der Waals surface area contributed by atoms with Gasteiger partial charge >= 0.3 is 0 Å². The third kappa shape index (κ3) is 5.83. The van der Waals surface area contributed by atoms with Gasteiger partial charge in [-0.15, -0.1) is 0 Å². The van der Waals surface area contributed by atoms with E-state index in [1.165, 1.54) is 6.20 Å². The summed E-state index contributed by atoms with van der Waals surface area (Å²) in [5, 5.41) is 14.0. The number of ether oxygens (including phenoxy) is 1. The first kappa shape index (κ1) is 31.3. The lowest BCUT2D eigenvalue weighted by atomic mass is 9.83. The molecule has 11 nitrogen and oxygen atoms in total. The van der Waals surface area contributed by atoms with Gasteiger partial charge in [0.15, 0.2) is 0 Å². The first-order chi connectivity index (χ1) is 22.1. The number of nitrogens with zero attached hydrogens (tertiary/aromatic N) is 5. The number of aliphatic hydroxyl groups excluding tert-OH is 1. The van der Waals surface area contributed by atoms with Crippen molar-refractivity contribution in [1.29, 1.82) is 0 Å². The van der Waals surface area contributed by atoms with Crippen LogP contribution in [-0.2, 0) is 22.6 Å². The van der Waals surface area contributed by atoms with Gasteiger partial charge in [-0.1, -0.05) is 12.1 Å². The van der Waals surface area contributed by atoms with Gasteiger partial charge in [0.05, 0.1) is 31.1 Å². The molecular formula is C35H40N6O5. The molecule has 2 N–H and O–H groups in total. The number of hydrogen-bond acceptors (Lipinski definition) is 8. The Morgan fingerprint density at radius 1 is 1.07 bits per heavy atom. The van der Waals surface area contributed by atoms with Crippen LogP contribution in [0.25, 0.3) is 5.57 Å². The Bertz CT molecular complexity index is 1700. The maximum absolute atomic E-state index is 13.7. The third-order valence-corrected chi connectivity index (χ3v) is 9.03. The van der Waals surface area contributed by atoms with Crippen LogP contribution in [0.2, 0.25) is 0 Å². The molecule has 0 saturated carbocycles. The Balaban J connectivity index is 1.25. The molecule has 1 unspecified atom stereocenters. The number of benzene rings is 2. The standard InChI is InChI=1S/C35H40N6O5/c1-35(37-31-11-8-24(20-36-31)32(43)40-14-16-46-17-15-40)19-25(21-39(4)34(35)45)27-6-5-7-30(29(27)22-42)41-13-12-23-18-26(38(2)3)9-10-28(23)33(41)44/h5-11,18,20-21,42H,12-17,19,22H2,1-4H3,(H,36,37). The number of hydrogen-bond donors (Lipinski definition) is 2. The van der Waals surface area contributed by atoms with Crippen molar-refractivity contribution >= 4 is 40.5 Å². The van der Waals surface area contributed by atoms with Crippen molar-refractivity contribution in [2.45, 2.75) is 31.9 Å². The van der Waals surface area contributed by atoms with Gasteiger partial charge in [0.2, 0.25) is 0 Å². The quantitative estimate of drug-likeness (QED) is 0.411. The first-order valence-corrected chi connectivity index (χ1v) is 15.5. The van der Waals surface area contributed by atoms with E-state index >= 15 is 0 Å². The molecule has 3 aliphatic rings. The van der Waals surface area contributed by atoms with Crippen LogP contribution in [0, 0.1) is 0 Å². The van der Waals surface area contributed by atoms with Gasteiger partial charge in [-0.3, -0.25) is 14.4 Å². The molecular weight excluding hydrogens is 584 g/mol. The van der Waals surface area contributed by atoms with Crippen LogP contribution in [0.3, 0.4) is 0 Å². The number of carbonyl (C=O) groups excluding carboxylic acids is 3. The maximum atomic E-state index is 13.7. The Hall–Kier alpha value is -4.74. The fraction of sp³-hybridized carbons (Fsp3) is 0.371. The number of aliphatic hydroxyl groups is 1. The molecule has 3 aromatic rings. The molecule has 0 spiro atoms. The zero-order valence-electron chi connectivity index (χ0n) is 26.7. The topological polar surface area (TPSA) is 119 Å². The minimum atomic E-state index is -1.06. The van der Waals surface area contributed by atoms with Gasteiger partial charge < -0.3 is 34.8 Å². The summed E-state index contributed by atoms with van der Waals surface area (Å²) in [6.07, 6.45) is 4.33. The fourth-order valence-corrected chi connectivity index (χ4v) is 6.55. The number of fused-ring (bicyclic) bond motifs is 1. The van der Waals surface area contributed by atoms with Crippen molar-refractivity contribution in [3.05, 3.63) is 88.7 Å². The second kappa shape index (κ2) is 12.6. The average Bonchev–Trinajstić information content (AvgIpc) is 3.07. The molecule has 0 aliphatic carbocycles. The van der Waals surface area contributed by atoms with Gasteiger partial charge in [-0.05, 0) is 66.4 Å². The molecule has 46 heavy (non-hydrogen) atoms. The zero-order chi connectivity index (χ0) is 32.6. The van der Waals surface area contributed by atoms with Gasteiger partial charge in [0, 0.05) is 76.4 Å². The second-order valence-electron chi connectivity index (χ2n) is 12.4. The molecule has 1 saturated heterocycles. The van der Waals surface area contributed by atoms with E-state index in [4.69, 9.17) is 4.74 Å². The van der Waals surface area contributed by atoms with Crippen LogP contribution < -0.4 is 15.1 Å². The highest BCUT2D eigenvalue weighted by atomic mass is 16.5. The molecule has 1 atom stereocenters. The van der Waals surface area contributed by atoms with Gasteiger partial charge in [0.1, 0.15) is 11.4 Å². The number of likely N-dealkylation sites (N-methyl/N-ethyl adjacent to an activating group) is 1. The van der Waals surface area contributed by atoms with E-state index in [9.17, 15) is 19.5 Å². The van der Waals surface area contributed by atoms with Gasteiger partial charge in [-0.2, -0.15) is 0 Å². The van der Waals surface area contributed by atoms with Crippen molar-refractivity contribution in [3.8, 4) is 0 Å². The van der Waals surface area contributed by atoms with E-state index in [0.29, 0.717) is 73.9 Å². The van der Waals surface area contributed by atoms with Crippen LogP contribution in [0.1, 0.15) is 50.8 Å². The second-order valence-corrected chi connectivity index (χ2v) is 12.4. The van der Waals surface area contributed by atoms with E-state index in [0.717, 1.165) is 22.4 Å². The predicted molar refractivity (Wildman–Crippen MR) is 177 cm³/mol. The summed E-state index contributed by atoms with van der Waals surface area (Å²) >= 11 is 0. The van der Waals surface area contributed by atoms with E-state index in [1.807, 2.05) is 56.3 Å². The van der Waals surface area contributed by atoms with Crippen molar-refractivity contribution in [2.75, 3.05) is 69.1 Å². The smallest absolute Gasteiger partial charge is 0.258 e. The molecule has 1 fully saturated rings. The Kier molecular flexibility index (Phi) is 8.54. The number of rotatable bonds is 7. The Morgan fingerprint density at radius 3 is 2.54 bits per heavy atom. The Morgan fingerprint density at radius 2 is 1.85 bits per heavy atom. The lowest BCUT2D eigenvalue weighted by Crippen LogP contribution is -2.52. The number of carbonyl (C=O) groups is 3. The van der Waals surface area contributed by atoms with Crippen molar-refractivity contribution in [1.82, 2.24) is 14.8 Å². The van der Waals surface area contributed by atoms with Gasteiger partial charge in [0.25, 0.3) is 17.7 Å². The molecule has 0 bridgehead atoms. The number of aromatic nitrogens is 1. The Labute approximate surface area is 269 Å². The molecule has 11 heteroatoms. The highest BCUT2D eigenvalue weighted by Gasteiger charge is 2.41. The van der Waals surface area contributed by atoms with Gasteiger partial charge in [-0.25, -0.2) is 4.98 Å². The molecule has 3 amide bonds. The molecule has 4 heterocycles. The number of pyridine rings is 1. The molecule has 0 radical (unpaired) electrons. The lowest BCUT2D eigenvalue weighted by Gasteiger charge is -2.38. The summed E-state index contributed by atoms with van der Waals surface area (Å²) in [6, 6.07) is 15.0. The number of anilines is 3. The lowest BCUT2D eigenvalue weighted by molar-refractivity contribution is -0.132. The summed E-state index contributed by atoms with van der Waals surface area (Å²) in [5.41, 5.74) is 5.03. The first-order valence-electron chi connectivity index (χ1n) is 15.5. The number of morpholine rings is 1. The largest absolute Gasteiger partial charge is 0.392 e. The summed E-state index contributed by atoms with van der Waals surface area (Å²) in [5.74, 6) is 0.123. The van der Waals surface area contributed by atoms with E-state index in [1.54, 1.807) is 40.1 Å². The molecule has 2 aromatic carbocycles. The normalized spacial score (nSPS) is 19.9. The average molecular weight is 625 g/mol. The third-order valence-electron chi connectivity index (χ3n) is 9.03. The summed E-state index contributed by atoms with van der Waals surface area (Å²) in [7, 11) is 5.66. The SMILES string of the molecule is CN1C=C(c2cccc(N3CCc4cc(N(C)C)ccc4C3=O)c2CO)CC(C)(Nc2ccc(C(=O)N3CCOCC3)cn2)C1=O. The van der Waals surface area contributed by atoms with Crippen LogP contribution in [0.15, 0.2) is 60.9 Å². The van der Waals surface area contributed by atoms with E-state index in [-0.39, 0.29) is 24.3 Å². The minimum Gasteiger partial charge on any atom is -0.392 e. The molecule has 6 rings (SSSR count). The summed E-state index contributed by atoms with van der Waals surface area (Å²) in [4.78, 5) is 51.6. The maximum Gasteiger partial charge on any atom is 0.258 e.